The zero-order valence-electron chi connectivity index (χ0n) is 22.8. The molecule has 1 saturated carbocycles. The molecule has 2 saturated heterocycles. The first-order valence-electron chi connectivity index (χ1n) is 13.5. The first kappa shape index (κ1) is 29.1. The summed E-state index contributed by atoms with van der Waals surface area (Å²) in [5.74, 6) is -8.29. The Morgan fingerprint density at radius 3 is 2.44 bits per heavy atom. The van der Waals surface area contributed by atoms with Crippen LogP contribution >= 0.6 is 23.2 Å². The normalized spacial score (nSPS) is 31.4. The van der Waals surface area contributed by atoms with Gasteiger partial charge in [0.05, 0.1) is 24.6 Å². The van der Waals surface area contributed by atoms with Crippen molar-refractivity contribution in [2.45, 2.75) is 34.9 Å². The van der Waals surface area contributed by atoms with E-state index in [1.807, 2.05) is 0 Å². The number of phenols is 1. The van der Waals surface area contributed by atoms with Crippen LogP contribution in [-0.2, 0) is 30.3 Å². The number of alkyl halides is 2. The van der Waals surface area contributed by atoms with E-state index in [0.717, 1.165) is 24.1 Å². The monoisotopic (exact) mass is 626 g/mol. The number of hydrogen-bond acceptors (Lipinski definition) is 7. The number of para-hydroxylation sites is 1. The number of fused-ring (bicyclic) bond motifs is 4. The van der Waals surface area contributed by atoms with Crippen LogP contribution in [0.3, 0.4) is 0 Å². The van der Waals surface area contributed by atoms with Gasteiger partial charge in [-0.2, -0.15) is 4.90 Å². The van der Waals surface area contributed by atoms with Crippen LogP contribution in [0, 0.1) is 23.6 Å². The second-order valence-corrected chi connectivity index (χ2v) is 12.3. The van der Waals surface area contributed by atoms with Gasteiger partial charge in [0, 0.05) is 11.5 Å². The van der Waals surface area contributed by atoms with Crippen LogP contribution in [0.5, 0.6) is 5.75 Å². The fourth-order valence-electron chi connectivity index (χ4n) is 7.18. The Hall–Kier alpha value is -4.02. The summed E-state index contributed by atoms with van der Waals surface area (Å²) in [6.45, 7) is 3.72. The summed E-state index contributed by atoms with van der Waals surface area (Å²) in [4.78, 5) is 64.7. The van der Waals surface area contributed by atoms with Crippen LogP contribution in [-0.4, -0.2) is 56.6 Å². The van der Waals surface area contributed by atoms with Gasteiger partial charge in [0.1, 0.15) is 11.6 Å². The fraction of sp³-hybridized carbons (Fsp3) is 0.323. The standard InChI is InChI=1S/C31H25Cl2FN2O7/c1-3-5-15-6-4-7-20(24(15)37)23-18-12-13-19-22(26(39)36(25(19)38)29(42)43-2)21(18)14-30(32)27(40)35(28(41)31(23,30)33)17-10-8-16(34)9-11-17/h3-4,6-12,19,21-23,37H,1,5,13-14H2,2H3/t19-,21+,22-,23+,30+,31-/m0/s1. The van der Waals surface area contributed by atoms with Gasteiger partial charge < -0.3 is 9.84 Å². The molecule has 0 bridgehead atoms. The van der Waals surface area contributed by atoms with Crippen molar-refractivity contribution in [3.8, 4) is 5.75 Å². The number of halogens is 3. The number of methoxy groups -OCH3 is 1. The Kier molecular flexibility index (Phi) is 6.78. The zero-order chi connectivity index (χ0) is 31.0. The van der Waals surface area contributed by atoms with E-state index in [1.165, 1.54) is 12.1 Å². The first-order valence-corrected chi connectivity index (χ1v) is 14.3. The van der Waals surface area contributed by atoms with Crippen molar-refractivity contribution in [3.63, 3.8) is 0 Å². The lowest BCUT2D eigenvalue weighted by atomic mass is 9.56. The van der Waals surface area contributed by atoms with Gasteiger partial charge in [0.25, 0.3) is 11.8 Å². The molecule has 0 spiro atoms. The molecule has 222 valence electrons. The zero-order valence-corrected chi connectivity index (χ0v) is 24.3. The molecular formula is C31H25Cl2FN2O7. The van der Waals surface area contributed by atoms with Crippen LogP contribution in [0.4, 0.5) is 14.9 Å². The number of imide groups is 4. The number of ether oxygens (including phenoxy) is 1. The first-order chi connectivity index (χ1) is 20.4. The number of hydrogen-bond donors (Lipinski definition) is 1. The van der Waals surface area contributed by atoms with Crippen molar-refractivity contribution in [1.29, 1.82) is 0 Å². The molecule has 2 aliphatic carbocycles. The Bertz CT molecular complexity index is 1660. The van der Waals surface area contributed by atoms with Crippen LogP contribution < -0.4 is 4.90 Å². The van der Waals surface area contributed by atoms with Crippen molar-refractivity contribution in [2.24, 2.45) is 17.8 Å². The molecular weight excluding hydrogens is 602 g/mol. The average molecular weight is 627 g/mol. The Labute approximate surface area is 255 Å². The maximum atomic E-state index is 14.3. The molecule has 3 fully saturated rings. The lowest BCUT2D eigenvalue weighted by molar-refractivity contribution is -0.138. The quantitative estimate of drug-likeness (QED) is 0.299. The molecule has 5 amide bonds. The number of nitrogens with zero attached hydrogens (tertiary/aromatic N) is 2. The average Bonchev–Trinajstić information content (AvgIpc) is 3.32. The van der Waals surface area contributed by atoms with E-state index in [2.05, 4.69) is 11.3 Å². The number of likely N-dealkylation sites (tertiary alicyclic amines) is 1. The van der Waals surface area contributed by atoms with Gasteiger partial charge in [-0.3, -0.25) is 19.2 Å². The predicted molar refractivity (Wildman–Crippen MR) is 153 cm³/mol. The van der Waals surface area contributed by atoms with Gasteiger partial charge in [-0.25, -0.2) is 14.1 Å². The van der Waals surface area contributed by atoms with Crippen molar-refractivity contribution in [2.75, 3.05) is 12.0 Å². The van der Waals surface area contributed by atoms with Gasteiger partial charge in [-0.1, -0.05) is 35.9 Å². The molecule has 6 atom stereocenters. The number of carbonyl (C=O) groups is 5. The highest BCUT2D eigenvalue weighted by molar-refractivity contribution is 6.58. The minimum atomic E-state index is -2.20. The number of allylic oxidation sites excluding steroid dienone is 3. The number of aromatic hydroxyl groups is 1. The van der Waals surface area contributed by atoms with Crippen LogP contribution in [0.15, 0.2) is 66.8 Å². The van der Waals surface area contributed by atoms with E-state index in [0.29, 0.717) is 16.0 Å². The molecule has 12 heteroatoms. The molecule has 6 rings (SSSR count). The van der Waals surface area contributed by atoms with Crippen molar-refractivity contribution in [3.05, 3.63) is 83.7 Å². The number of benzene rings is 2. The molecule has 43 heavy (non-hydrogen) atoms. The number of rotatable bonds is 4. The molecule has 2 aliphatic heterocycles. The fourth-order valence-corrected chi connectivity index (χ4v) is 8.11. The summed E-state index contributed by atoms with van der Waals surface area (Å²) in [5, 5.41) is 11.5. The number of amides is 5. The molecule has 2 aromatic carbocycles. The molecule has 2 heterocycles. The minimum Gasteiger partial charge on any atom is -0.507 e. The van der Waals surface area contributed by atoms with Crippen molar-refractivity contribution in [1.82, 2.24) is 4.90 Å². The van der Waals surface area contributed by atoms with E-state index in [1.54, 1.807) is 30.4 Å². The molecule has 0 unspecified atom stereocenters. The molecule has 1 N–H and O–H groups in total. The topological polar surface area (TPSA) is 121 Å². The predicted octanol–water partition coefficient (Wildman–Crippen LogP) is 4.59. The van der Waals surface area contributed by atoms with Crippen LogP contribution in [0.2, 0.25) is 0 Å². The van der Waals surface area contributed by atoms with Gasteiger partial charge >= 0.3 is 6.09 Å². The second-order valence-electron chi connectivity index (χ2n) is 11.1. The lowest BCUT2D eigenvalue weighted by Crippen LogP contribution is -2.60. The number of anilines is 1. The summed E-state index contributed by atoms with van der Waals surface area (Å²) in [6.07, 6.45) is 2.11. The SMILES string of the molecule is C=CCc1cccc([C@H]2C3=CC[C@@H]4C(=O)N(C(=O)OC)C(=O)[C@@H]4[C@@H]3C[C@@]3(Cl)C(=O)N(c4ccc(F)cc4)C(=O)[C@@]23Cl)c1O. The molecule has 0 aromatic heterocycles. The summed E-state index contributed by atoms with van der Waals surface area (Å²) >= 11 is 14.5. The van der Waals surface area contributed by atoms with Crippen LogP contribution in [0.1, 0.15) is 29.9 Å². The summed E-state index contributed by atoms with van der Waals surface area (Å²) in [5.41, 5.74) is 1.14. The van der Waals surface area contributed by atoms with E-state index in [9.17, 15) is 33.5 Å². The van der Waals surface area contributed by atoms with E-state index in [-0.39, 0.29) is 36.3 Å². The van der Waals surface area contributed by atoms with Crippen molar-refractivity contribution >= 4 is 58.6 Å². The largest absolute Gasteiger partial charge is 0.507 e. The second kappa shape index (κ2) is 10.0. The molecule has 0 radical (unpaired) electrons. The van der Waals surface area contributed by atoms with Crippen LogP contribution in [0.25, 0.3) is 0 Å². The highest BCUT2D eigenvalue weighted by Gasteiger charge is 2.77. The summed E-state index contributed by atoms with van der Waals surface area (Å²) in [6, 6.07) is 9.54. The lowest BCUT2D eigenvalue weighted by Gasteiger charge is -2.50. The molecule has 4 aliphatic rings. The third-order valence-electron chi connectivity index (χ3n) is 9.08. The number of carbonyl (C=O) groups excluding carboxylic acids is 5. The third-order valence-corrected chi connectivity index (χ3v) is 10.5. The van der Waals surface area contributed by atoms with Gasteiger partial charge in [0.15, 0.2) is 9.75 Å². The van der Waals surface area contributed by atoms with Crippen molar-refractivity contribution < 1.29 is 38.2 Å². The van der Waals surface area contributed by atoms with Gasteiger partial charge in [-0.05, 0) is 55.0 Å². The van der Waals surface area contributed by atoms with Gasteiger partial charge in [0.2, 0.25) is 11.8 Å². The van der Waals surface area contributed by atoms with Gasteiger partial charge in [-0.15, -0.1) is 29.8 Å². The molecule has 2 aromatic rings. The maximum Gasteiger partial charge on any atom is 0.423 e. The summed E-state index contributed by atoms with van der Waals surface area (Å²) in [7, 11) is 1.05. The number of phenolic OH excluding ortho intramolecular Hbond substituents is 1. The smallest absolute Gasteiger partial charge is 0.423 e. The highest BCUT2D eigenvalue weighted by atomic mass is 35.5. The highest BCUT2D eigenvalue weighted by Crippen LogP contribution is 2.66. The minimum absolute atomic E-state index is 0.0320. The molecule has 9 nitrogen and oxygen atoms in total. The van der Waals surface area contributed by atoms with E-state index in [4.69, 9.17) is 23.2 Å². The van der Waals surface area contributed by atoms with E-state index >= 15 is 0 Å². The third kappa shape index (κ3) is 3.78. The Balaban J connectivity index is 1.58. The summed E-state index contributed by atoms with van der Waals surface area (Å²) < 4.78 is 18.4. The Morgan fingerprint density at radius 1 is 1.09 bits per heavy atom. The maximum absolute atomic E-state index is 14.3. The Morgan fingerprint density at radius 2 is 1.79 bits per heavy atom. The van der Waals surface area contributed by atoms with E-state index < -0.39 is 69.0 Å².